The van der Waals surface area contributed by atoms with Crippen molar-refractivity contribution in [1.29, 1.82) is 0 Å². The van der Waals surface area contributed by atoms with Gasteiger partial charge in [-0.05, 0) is 6.92 Å². The summed E-state index contributed by atoms with van der Waals surface area (Å²) in [6, 6.07) is 0. The first-order valence-electron chi connectivity index (χ1n) is 8.70. The summed E-state index contributed by atoms with van der Waals surface area (Å²) >= 11 is 0. The molecule has 0 bridgehead atoms. The van der Waals surface area contributed by atoms with E-state index in [0.717, 1.165) is 51.8 Å². The molecular weight excluding hydrogens is 442 g/mol. The van der Waals surface area contributed by atoms with Gasteiger partial charge in [0.2, 0.25) is 0 Å². The molecule has 1 saturated heterocycles. The normalized spacial score (nSPS) is 14.6. The van der Waals surface area contributed by atoms with Gasteiger partial charge in [0, 0.05) is 51.7 Å². The van der Waals surface area contributed by atoms with Gasteiger partial charge in [-0.2, -0.15) is 26.3 Å². The van der Waals surface area contributed by atoms with Crippen LogP contribution in [-0.4, -0.2) is 95.3 Å². The predicted octanol–water partition coefficient (Wildman–Crippen LogP) is 1.90. The Morgan fingerprint density at radius 3 is 1.84 bits per heavy atom. The van der Waals surface area contributed by atoms with Crippen molar-refractivity contribution in [2.45, 2.75) is 19.3 Å². The van der Waals surface area contributed by atoms with Crippen molar-refractivity contribution in [2.75, 3.05) is 50.8 Å². The van der Waals surface area contributed by atoms with Crippen LogP contribution in [0.15, 0.2) is 18.6 Å². The van der Waals surface area contributed by atoms with Crippen LogP contribution in [0.4, 0.5) is 32.2 Å². The summed E-state index contributed by atoms with van der Waals surface area (Å²) in [7, 11) is 0. The number of ether oxygens (including phenoxy) is 1. The number of rotatable bonds is 5. The summed E-state index contributed by atoms with van der Waals surface area (Å²) in [5, 5.41) is 14.2. The lowest BCUT2D eigenvalue weighted by Gasteiger charge is -2.35. The van der Waals surface area contributed by atoms with E-state index >= 15 is 0 Å². The van der Waals surface area contributed by atoms with Crippen molar-refractivity contribution < 1.29 is 50.9 Å². The highest BCUT2D eigenvalue weighted by molar-refractivity contribution is 5.73. The molecule has 1 aromatic rings. The van der Waals surface area contributed by atoms with Gasteiger partial charge in [-0.15, -0.1) is 0 Å². The molecule has 0 unspecified atom stereocenters. The van der Waals surface area contributed by atoms with Crippen LogP contribution in [0.5, 0.6) is 0 Å². The van der Waals surface area contributed by atoms with Crippen molar-refractivity contribution in [1.82, 2.24) is 14.9 Å². The molecule has 2 N–H and O–H groups in total. The van der Waals surface area contributed by atoms with E-state index in [1.54, 1.807) is 12.4 Å². The first-order chi connectivity index (χ1) is 14.3. The lowest BCUT2D eigenvalue weighted by atomic mass is 10.3. The van der Waals surface area contributed by atoms with E-state index in [1.165, 1.54) is 0 Å². The van der Waals surface area contributed by atoms with Gasteiger partial charge in [0.05, 0.1) is 12.8 Å². The number of hydrogen-bond donors (Lipinski definition) is 2. The Kier molecular flexibility index (Phi) is 12.4. The quantitative estimate of drug-likeness (QED) is 0.498. The van der Waals surface area contributed by atoms with Crippen LogP contribution in [-0.2, 0) is 14.3 Å². The molecule has 2 heterocycles. The molecule has 1 fully saturated rings. The fourth-order valence-electron chi connectivity index (χ4n) is 1.99. The molecule has 1 aliphatic rings. The number of alkyl halides is 6. The SMILES string of the molecule is CCOCCN1CCN(c2cnccn2)CC1.O=C(O)C(F)(F)F.O=C(O)C(F)(F)F. The van der Waals surface area contributed by atoms with Gasteiger partial charge < -0.3 is 19.8 Å². The highest BCUT2D eigenvalue weighted by Gasteiger charge is 2.38. The second-order valence-corrected chi connectivity index (χ2v) is 5.70. The Hall–Kier alpha value is -2.68. The van der Waals surface area contributed by atoms with Gasteiger partial charge in [0.15, 0.2) is 0 Å². The molecule has 0 amide bonds. The highest BCUT2D eigenvalue weighted by atomic mass is 19.4. The third kappa shape index (κ3) is 13.3. The Balaban J connectivity index is 0.000000536. The van der Waals surface area contributed by atoms with Crippen molar-refractivity contribution in [3.63, 3.8) is 0 Å². The summed E-state index contributed by atoms with van der Waals surface area (Å²) < 4.78 is 68.8. The van der Waals surface area contributed by atoms with Crippen LogP contribution in [0.2, 0.25) is 0 Å². The number of anilines is 1. The summed E-state index contributed by atoms with van der Waals surface area (Å²) in [6.07, 6.45) is -4.88. The molecule has 0 radical (unpaired) electrons. The van der Waals surface area contributed by atoms with Gasteiger partial charge in [0.25, 0.3) is 0 Å². The minimum atomic E-state index is -5.08. The van der Waals surface area contributed by atoms with Crippen LogP contribution in [0.1, 0.15) is 6.92 Å². The summed E-state index contributed by atoms with van der Waals surface area (Å²) in [4.78, 5) is 30.9. The zero-order valence-electron chi connectivity index (χ0n) is 16.4. The third-order valence-corrected chi connectivity index (χ3v) is 3.49. The van der Waals surface area contributed by atoms with E-state index in [2.05, 4.69) is 19.8 Å². The van der Waals surface area contributed by atoms with E-state index in [-0.39, 0.29) is 0 Å². The van der Waals surface area contributed by atoms with E-state index in [9.17, 15) is 26.3 Å². The first kappa shape index (κ1) is 28.3. The average molecular weight is 464 g/mol. The van der Waals surface area contributed by atoms with Crippen molar-refractivity contribution in [3.8, 4) is 0 Å². The summed E-state index contributed by atoms with van der Waals surface area (Å²) in [5.74, 6) is -4.53. The predicted molar refractivity (Wildman–Crippen MR) is 94.6 cm³/mol. The first-order valence-corrected chi connectivity index (χ1v) is 8.70. The number of piperazine rings is 1. The zero-order valence-corrected chi connectivity index (χ0v) is 16.4. The van der Waals surface area contributed by atoms with E-state index in [1.807, 2.05) is 13.1 Å². The maximum atomic E-state index is 10.6. The fraction of sp³-hybridized carbons (Fsp3) is 0.625. The molecule has 31 heavy (non-hydrogen) atoms. The fourth-order valence-corrected chi connectivity index (χ4v) is 1.99. The zero-order chi connectivity index (χ0) is 24.1. The Bertz CT molecular complexity index is 628. The van der Waals surface area contributed by atoms with Gasteiger partial charge in [-0.1, -0.05) is 0 Å². The Labute approximate surface area is 173 Å². The molecule has 1 aliphatic heterocycles. The smallest absolute Gasteiger partial charge is 0.475 e. The van der Waals surface area contributed by atoms with Crippen LogP contribution >= 0.6 is 0 Å². The topological polar surface area (TPSA) is 116 Å². The minimum absolute atomic E-state index is 0.805. The lowest BCUT2D eigenvalue weighted by Crippen LogP contribution is -2.47. The molecule has 0 aliphatic carbocycles. The molecule has 9 nitrogen and oxygen atoms in total. The van der Waals surface area contributed by atoms with Gasteiger partial charge >= 0.3 is 24.3 Å². The van der Waals surface area contributed by atoms with E-state index in [0.29, 0.717) is 0 Å². The second kappa shape index (κ2) is 13.6. The molecule has 1 aromatic heterocycles. The van der Waals surface area contributed by atoms with Gasteiger partial charge in [-0.25, -0.2) is 14.6 Å². The van der Waals surface area contributed by atoms with E-state index in [4.69, 9.17) is 24.5 Å². The largest absolute Gasteiger partial charge is 0.490 e. The second-order valence-electron chi connectivity index (χ2n) is 5.70. The number of aliphatic carboxylic acids is 2. The van der Waals surface area contributed by atoms with Crippen molar-refractivity contribution in [3.05, 3.63) is 18.6 Å². The van der Waals surface area contributed by atoms with Gasteiger partial charge in [0.1, 0.15) is 5.82 Å². The molecular formula is C16H22F6N4O5. The average Bonchev–Trinajstić information content (AvgIpc) is 2.69. The number of carbonyl (C=O) groups is 2. The number of carboxylic acid groups (broad SMARTS) is 2. The van der Waals surface area contributed by atoms with Crippen LogP contribution in [0.3, 0.4) is 0 Å². The maximum absolute atomic E-state index is 10.6. The number of halogens is 6. The Morgan fingerprint density at radius 2 is 1.48 bits per heavy atom. The molecule has 15 heteroatoms. The monoisotopic (exact) mass is 464 g/mol. The number of nitrogens with zero attached hydrogens (tertiary/aromatic N) is 4. The van der Waals surface area contributed by atoms with Crippen LogP contribution in [0, 0.1) is 0 Å². The number of aromatic nitrogens is 2. The van der Waals surface area contributed by atoms with E-state index < -0.39 is 24.3 Å². The van der Waals surface area contributed by atoms with Crippen molar-refractivity contribution >= 4 is 17.8 Å². The molecule has 2 rings (SSSR count). The molecule has 0 aromatic carbocycles. The standard InChI is InChI=1S/C12H20N4O.2C2HF3O2/c1-2-17-10-9-15-5-7-16(8-6-15)12-11-13-3-4-14-12;2*3-2(4,5)1(6)7/h3-4,11H,2,5-10H2,1H3;2*(H,6,7). The summed E-state index contributed by atoms with van der Waals surface area (Å²) in [5.41, 5.74) is 0. The molecule has 0 saturated carbocycles. The van der Waals surface area contributed by atoms with Crippen molar-refractivity contribution in [2.24, 2.45) is 0 Å². The highest BCUT2D eigenvalue weighted by Crippen LogP contribution is 2.14. The third-order valence-electron chi connectivity index (χ3n) is 3.49. The molecule has 178 valence electrons. The number of hydrogen-bond acceptors (Lipinski definition) is 7. The minimum Gasteiger partial charge on any atom is -0.475 e. The lowest BCUT2D eigenvalue weighted by molar-refractivity contribution is -0.193. The molecule has 0 atom stereocenters. The van der Waals surface area contributed by atoms with Gasteiger partial charge in [-0.3, -0.25) is 9.88 Å². The number of carboxylic acids is 2. The van der Waals surface area contributed by atoms with Crippen LogP contribution < -0.4 is 4.90 Å². The summed E-state index contributed by atoms with van der Waals surface area (Å²) in [6.45, 7) is 8.89. The molecule has 0 spiro atoms. The maximum Gasteiger partial charge on any atom is 0.490 e. The Morgan fingerprint density at radius 1 is 1.00 bits per heavy atom. The van der Waals surface area contributed by atoms with Crippen LogP contribution in [0.25, 0.3) is 0 Å².